The number of aryl methyl sites for hydroxylation is 2. The molecule has 0 radical (unpaired) electrons. The highest BCUT2D eigenvalue weighted by Gasteiger charge is 2.13. The van der Waals surface area contributed by atoms with Crippen LogP contribution in [-0.4, -0.2) is 5.11 Å². The monoisotopic (exact) mass is 260 g/mol. The normalized spacial score (nSPS) is 12.6. The molecule has 0 aliphatic carbocycles. The Kier molecular flexibility index (Phi) is 4.56. The Bertz CT molecular complexity index is 484. The molecule has 2 aromatic rings. The van der Waals surface area contributed by atoms with Crippen LogP contribution in [0.2, 0.25) is 0 Å². The second-order valence-electron chi connectivity index (χ2n) is 4.76. The van der Waals surface area contributed by atoms with E-state index < -0.39 is 6.10 Å². The highest BCUT2D eigenvalue weighted by molar-refractivity contribution is 7.08. The summed E-state index contributed by atoms with van der Waals surface area (Å²) in [5.74, 6) is 0. The van der Waals surface area contributed by atoms with Crippen molar-refractivity contribution in [2.75, 3.05) is 0 Å². The summed E-state index contributed by atoms with van der Waals surface area (Å²) in [7, 11) is 0. The molecule has 0 aliphatic heterocycles. The van der Waals surface area contributed by atoms with Gasteiger partial charge in [-0.1, -0.05) is 37.6 Å². The summed E-state index contributed by atoms with van der Waals surface area (Å²) in [4.78, 5) is 0. The summed E-state index contributed by atoms with van der Waals surface area (Å²) in [5, 5.41) is 14.4. The first-order valence-corrected chi connectivity index (χ1v) is 7.46. The van der Waals surface area contributed by atoms with Gasteiger partial charge in [-0.05, 0) is 52.8 Å². The summed E-state index contributed by atoms with van der Waals surface area (Å²) in [6, 6.07) is 8.37. The van der Waals surface area contributed by atoms with Gasteiger partial charge in [0.2, 0.25) is 0 Å². The first-order chi connectivity index (χ1) is 8.72. The number of thiophene rings is 1. The summed E-state index contributed by atoms with van der Waals surface area (Å²) >= 11 is 1.64. The van der Waals surface area contributed by atoms with Crippen molar-refractivity contribution in [3.8, 4) is 0 Å². The third-order valence-electron chi connectivity index (χ3n) is 3.30. The fraction of sp³-hybridized carbons (Fsp3) is 0.375. The Labute approximate surface area is 113 Å². The zero-order valence-electron chi connectivity index (χ0n) is 11.0. The molecule has 1 N–H and O–H groups in total. The quantitative estimate of drug-likeness (QED) is 0.840. The highest BCUT2D eigenvalue weighted by atomic mass is 32.1. The number of aliphatic hydroxyl groups excluding tert-OH is 1. The van der Waals surface area contributed by atoms with Crippen LogP contribution in [0.3, 0.4) is 0 Å². The van der Waals surface area contributed by atoms with E-state index in [2.05, 4.69) is 24.4 Å². The molecule has 1 heterocycles. The Morgan fingerprint density at radius 2 is 1.89 bits per heavy atom. The molecule has 0 spiro atoms. The third kappa shape index (κ3) is 3.01. The zero-order valence-corrected chi connectivity index (χ0v) is 11.8. The molecule has 1 atom stereocenters. The van der Waals surface area contributed by atoms with Crippen molar-refractivity contribution < 1.29 is 5.11 Å². The second kappa shape index (κ2) is 6.17. The smallest absolute Gasteiger partial charge is 0.105 e. The van der Waals surface area contributed by atoms with E-state index in [0.29, 0.717) is 0 Å². The van der Waals surface area contributed by atoms with Crippen molar-refractivity contribution in [1.82, 2.24) is 0 Å². The molecular weight excluding hydrogens is 240 g/mol. The van der Waals surface area contributed by atoms with E-state index >= 15 is 0 Å². The van der Waals surface area contributed by atoms with Gasteiger partial charge in [0.25, 0.3) is 0 Å². The molecule has 0 amide bonds. The molecule has 96 valence electrons. The van der Waals surface area contributed by atoms with E-state index in [1.165, 1.54) is 24.0 Å². The average Bonchev–Trinajstić information content (AvgIpc) is 2.82. The van der Waals surface area contributed by atoms with Gasteiger partial charge in [-0.25, -0.2) is 0 Å². The van der Waals surface area contributed by atoms with Crippen LogP contribution in [0.5, 0.6) is 0 Å². The van der Waals surface area contributed by atoms with Gasteiger partial charge < -0.3 is 5.11 Å². The maximum absolute atomic E-state index is 10.3. The van der Waals surface area contributed by atoms with Gasteiger partial charge in [0, 0.05) is 0 Å². The molecule has 1 aromatic heterocycles. The molecule has 0 saturated heterocycles. The fourth-order valence-corrected chi connectivity index (χ4v) is 2.95. The minimum atomic E-state index is -0.489. The van der Waals surface area contributed by atoms with Crippen molar-refractivity contribution in [2.45, 2.75) is 39.2 Å². The minimum absolute atomic E-state index is 0.489. The van der Waals surface area contributed by atoms with Crippen LogP contribution in [0, 0.1) is 6.92 Å². The van der Waals surface area contributed by atoms with Crippen LogP contribution in [-0.2, 0) is 6.42 Å². The van der Waals surface area contributed by atoms with Crippen LogP contribution in [0.15, 0.2) is 35.0 Å². The number of unbranched alkanes of at least 4 members (excludes halogenated alkanes) is 1. The standard InChI is InChI=1S/C16H20OS/c1-3-4-5-13-6-8-14(9-7-13)16(17)15-11-18-10-12(15)2/h6-11,16-17H,3-5H2,1-2H3. The summed E-state index contributed by atoms with van der Waals surface area (Å²) in [6.07, 6.45) is 3.09. The first-order valence-electron chi connectivity index (χ1n) is 6.52. The number of hydrogen-bond donors (Lipinski definition) is 1. The minimum Gasteiger partial charge on any atom is -0.384 e. The lowest BCUT2D eigenvalue weighted by Gasteiger charge is -2.11. The molecule has 1 nitrogen and oxygen atoms in total. The predicted octanol–water partition coefficient (Wildman–Crippen LogP) is 4.48. The molecule has 2 rings (SSSR count). The summed E-state index contributed by atoms with van der Waals surface area (Å²) in [6.45, 7) is 4.25. The lowest BCUT2D eigenvalue weighted by Crippen LogP contribution is -2.00. The molecule has 0 aliphatic rings. The molecule has 1 aromatic carbocycles. The van der Waals surface area contributed by atoms with E-state index in [-0.39, 0.29) is 0 Å². The Balaban J connectivity index is 2.12. The van der Waals surface area contributed by atoms with E-state index in [0.717, 1.165) is 17.5 Å². The maximum atomic E-state index is 10.3. The SMILES string of the molecule is CCCCc1ccc(C(O)c2cscc2C)cc1. The van der Waals surface area contributed by atoms with Gasteiger partial charge in [-0.3, -0.25) is 0 Å². The van der Waals surface area contributed by atoms with Crippen LogP contribution in [0.25, 0.3) is 0 Å². The van der Waals surface area contributed by atoms with Gasteiger partial charge in [0.15, 0.2) is 0 Å². The van der Waals surface area contributed by atoms with E-state index in [1.54, 1.807) is 11.3 Å². The van der Waals surface area contributed by atoms with Gasteiger partial charge in [-0.15, -0.1) is 0 Å². The van der Waals surface area contributed by atoms with Crippen molar-refractivity contribution >= 4 is 11.3 Å². The van der Waals surface area contributed by atoms with Gasteiger partial charge in [-0.2, -0.15) is 11.3 Å². The van der Waals surface area contributed by atoms with E-state index in [9.17, 15) is 5.11 Å². The number of aliphatic hydroxyl groups is 1. The van der Waals surface area contributed by atoms with Crippen LogP contribution >= 0.6 is 11.3 Å². The first kappa shape index (κ1) is 13.3. The molecule has 18 heavy (non-hydrogen) atoms. The van der Waals surface area contributed by atoms with E-state index in [1.807, 2.05) is 24.4 Å². The maximum Gasteiger partial charge on any atom is 0.105 e. The Morgan fingerprint density at radius 1 is 1.17 bits per heavy atom. The molecule has 0 bridgehead atoms. The Hall–Kier alpha value is -1.12. The molecule has 0 saturated carbocycles. The highest BCUT2D eigenvalue weighted by Crippen LogP contribution is 2.27. The lowest BCUT2D eigenvalue weighted by atomic mass is 9.99. The molecule has 2 heteroatoms. The third-order valence-corrected chi connectivity index (χ3v) is 4.18. The van der Waals surface area contributed by atoms with Crippen molar-refractivity contribution in [2.24, 2.45) is 0 Å². The van der Waals surface area contributed by atoms with Gasteiger partial charge >= 0.3 is 0 Å². The van der Waals surface area contributed by atoms with Crippen molar-refractivity contribution in [1.29, 1.82) is 0 Å². The summed E-state index contributed by atoms with van der Waals surface area (Å²) < 4.78 is 0. The molecule has 0 fully saturated rings. The Morgan fingerprint density at radius 3 is 2.44 bits per heavy atom. The average molecular weight is 260 g/mol. The zero-order chi connectivity index (χ0) is 13.0. The van der Waals surface area contributed by atoms with Crippen LogP contribution < -0.4 is 0 Å². The number of rotatable bonds is 5. The fourth-order valence-electron chi connectivity index (χ4n) is 2.08. The van der Waals surface area contributed by atoms with Crippen molar-refractivity contribution in [3.05, 3.63) is 57.3 Å². The topological polar surface area (TPSA) is 20.2 Å². The summed E-state index contributed by atoms with van der Waals surface area (Å²) in [5.41, 5.74) is 4.54. The number of benzene rings is 1. The van der Waals surface area contributed by atoms with Crippen LogP contribution in [0.1, 0.15) is 48.1 Å². The van der Waals surface area contributed by atoms with E-state index in [4.69, 9.17) is 0 Å². The lowest BCUT2D eigenvalue weighted by molar-refractivity contribution is 0.220. The largest absolute Gasteiger partial charge is 0.384 e. The molecule has 1 unspecified atom stereocenters. The van der Waals surface area contributed by atoms with Crippen molar-refractivity contribution in [3.63, 3.8) is 0 Å². The van der Waals surface area contributed by atoms with Gasteiger partial charge in [0.05, 0.1) is 0 Å². The predicted molar refractivity (Wildman–Crippen MR) is 78.2 cm³/mol. The second-order valence-corrected chi connectivity index (χ2v) is 5.50. The van der Waals surface area contributed by atoms with Crippen LogP contribution in [0.4, 0.5) is 0 Å². The molecular formula is C16H20OS. The van der Waals surface area contributed by atoms with Gasteiger partial charge in [0.1, 0.15) is 6.10 Å². The number of hydrogen-bond acceptors (Lipinski definition) is 2.